The van der Waals surface area contributed by atoms with Gasteiger partial charge in [0.25, 0.3) is 0 Å². The summed E-state index contributed by atoms with van der Waals surface area (Å²) >= 11 is 0. The normalized spacial score (nSPS) is 10.7. The highest BCUT2D eigenvalue weighted by Gasteiger charge is 2.01. The number of H-pyrrole nitrogens is 1. The summed E-state index contributed by atoms with van der Waals surface area (Å²) in [7, 11) is 0. The number of aromatic amines is 1. The zero-order valence-electron chi connectivity index (χ0n) is 10.6. The Balaban J connectivity index is 1.87. The second-order valence-corrected chi connectivity index (χ2v) is 4.09. The van der Waals surface area contributed by atoms with E-state index in [-0.39, 0.29) is 0 Å². The molecule has 0 aliphatic heterocycles. The molecule has 0 bridgehead atoms. The van der Waals surface area contributed by atoms with E-state index >= 15 is 0 Å². The smallest absolute Gasteiger partial charge is 0.0719 e. The molecule has 4 heteroatoms. The molecule has 0 aliphatic carbocycles. The van der Waals surface area contributed by atoms with Gasteiger partial charge in [-0.3, -0.25) is 5.10 Å². The Morgan fingerprint density at radius 1 is 1.17 bits per heavy atom. The van der Waals surface area contributed by atoms with E-state index in [9.17, 15) is 0 Å². The molecule has 0 amide bonds. The maximum absolute atomic E-state index is 5.47. The maximum Gasteiger partial charge on any atom is 0.0719 e. The Bertz CT molecular complexity index is 454. The van der Waals surface area contributed by atoms with Crippen molar-refractivity contribution in [3.05, 3.63) is 53.3 Å². The summed E-state index contributed by atoms with van der Waals surface area (Å²) in [6.07, 6.45) is 1.76. The number of nitrogens with one attached hydrogen (secondary N) is 2. The predicted octanol–water partition coefficient (Wildman–Crippen LogP) is 2.24. The van der Waals surface area contributed by atoms with Crippen LogP contribution in [0.25, 0.3) is 0 Å². The van der Waals surface area contributed by atoms with Crippen LogP contribution >= 0.6 is 0 Å². The highest BCUT2D eigenvalue weighted by atomic mass is 16.5. The SMILES string of the molecule is CCOCc1ccccc1CNCc1ccn[nH]1. The monoisotopic (exact) mass is 245 g/mol. The lowest BCUT2D eigenvalue weighted by atomic mass is 10.1. The van der Waals surface area contributed by atoms with Crippen LogP contribution in [0.15, 0.2) is 36.5 Å². The molecule has 2 aromatic rings. The van der Waals surface area contributed by atoms with Gasteiger partial charge in [0, 0.05) is 31.6 Å². The van der Waals surface area contributed by atoms with Gasteiger partial charge in [0.1, 0.15) is 0 Å². The van der Waals surface area contributed by atoms with Gasteiger partial charge in [-0.25, -0.2) is 0 Å². The van der Waals surface area contributed by atoms with E-state index in [2.05, 4.69) is 33.7 Å². The fraction of sp³-hybridized carbons (Fsp3) is 0.357. The number of ether oxygens (including phenoxy) is 1. The first kappa shape index (κ1) is 12.8. The zero-order valence-corrected chi connectivity index (χ0v) is 10.6. The van der Waals surface area contributed by atoms with Crippen molar-refractivity contribution in [2.24, 2.45) is 0 Å². The van der Waals surface area contributed by atoms with E-state index in [1.807, 2.05) is 19.1 Å². The number of benzene rings is 1. The molecule has 0 radical (unpaired) electrons. The maximum atomic E-state index is 5.47. The summed E-state index contributed by atoms with van der Waals surface area (Å²) in [5.41, 5.74) is 3.62. The van der Waals surface area contributed by atoms with E-state index < -0.39 is 0 Å². The first-order valence-electron chi connectivity index (χ1n) is 6.23. The Labute approximate surface area is 107 Å². The molecule has 0 saturated heterocycles. The second kappa shape index (κ2) is 6.93. The molecule has 96 valence electrons. The molecule has 0 aliphatic rings. The van der Waals surface area contributed by atoms with Crippen LogP contribution in [0.4, 0.5) is 0 Å². The number of rotatable bonds is 7. The van der Waals surface area contributed by atoms with Gasteiger partial charge in [-0.05, 0) is 24.1 Å². The van der Waals surface area contributed by atoms with Crippen LogP contribution in [-0.2, 0) is 24.4 Å². The number of aromatic nitrogens is 2. The Morgan fingerprint density at radius 3 is 2.72 bits per heavy atom. The molecule has 1 heterocycles. The minimum atomic E-state index is 0.679. The van der Waals surface area contributed by atoms with Crippen LogP contribution in [0.1, 0.15) is 23.7 Å². The molecule has 0 spiro atoms. The minimum Gasteiger partial charge on any atom is -0.377 e. The van der Waals surface area contributed by atoms with Crippen molar-refractivity contribution in [1.82, 2.24) is 15.5 Å². The first-order valence-corrected chi connectivity index (χ1v) is 6.23. The summed E-state index contributed by atoms with van der Waals surface area (Å²) in [5.74, 6) is 0. The Morgan fingerprint density at radius 2 is 2.00 bits per heavy atom. The standard InChI is InChI=1S/C14H19N3O/c1-2-18-11-13-6-4-3-5-12(13)9-15-10-14-7-8-16-17-14/h3-8,15H,2,9-11H2,1H3,(H,16,17). The van der Waals surface area contributed by atoms with Gasteiger partial charge in [0.2, 0.25) is 0 Å². The van der Waals surface area contributed by atoms with Gasteiger partial charge in [-0.1, -0.05) is 24.3 Å². The molecule has 0 atom stereocenters. The van der Waals surface area contributed by atoms with Crippen LogP contribution < -0.4 is 5.32 Å². The molecule has 1 aromatic carbocycles. The Kier molecular flexibility index (Phi) is 4.93. The van der Waals surface area contributed by atoms with Gasteiger partial charge >= 0.3 is 0 Å². The highest BCUT2D eigenvalue weighted by molar-refractivity contribution is 5.26. The van der Waals surface area contributed by atoms with Crippen molar-refractivity contribution in [3.8, 4) is 0 Å². The molecule has 2 N–H and O–H groups in total. The molecular weight excluding hydrogens is 226 g/mol. The zero-order chi connectivity index (χ0) is 12.6. The highest BCUT2D eigenvalue weighted by Crippen LogP contribution is 2.10. The van der Waals surface area contributed by atoms with Crippen molar-refractivity contribution in [1.29, 1.82) is 0 Å². The quantitative estimate of drug-likeness (QED) is 0.786. The van der Waals surface area contributed by atoms with E-state index in [4.69, 9.17) is 4.74 Å². The first-order chi connectivity index (χ1) is 8.90. The third-order valence-corrected chi connectivity index (χ3v) is 2.77. The third kappa shape index (κ3) is 3.68. The van der Waals surface area contributed by atoms with E-state index in [1.165, 1.54) is 11.1 Å². The largest absolute Gasteiger partial charge is 0.377 e. The minimum absolute atomic E-state index is 0.679. The fourth-order valence-corrected chi connectivity index (χ4v) is 1.80. The van der Waals surface area contributed by atoms with Crippen molar-refractivity contribution in [2.75, 3.05) is 6.61 Å². The van der Waals surface area contributed by atoms with Gasteiger partial charge in [-0.2, -0.15) is 5.10 Å². The molecule has 0 fully saturated rings. The summed E-state index contributed by atoms with van der Waals surface area (Å²) in [4.78, 5) is 0. The van der Waals surface area contributed by atoms with E-state index in [0.717, 1.165) is 25.4 Å². The van der Waals surface area contributed by atoms with Gasteiger partial charge in [0.15, 0.2) is 0 Å². The number of nitrogens with zero attached hydrogens (tertiary/aromatic N) is 1. The van der Waals surface area contributed by atoms with Crippen LogP contribution in [-0.4, -0.2) is 16.8 Å². The van der Waals surface area contributed by atoms with Crippen LogP contribution in [0, 0.1) is 0 Å². The van der Waals surface area contributed by atoms with Crippen LogP contribution in [0.3, 0.4) is 0 Å². The van der Waals surface area contributed by atoms with Gasteiger partial charge in [0.05, 0.1) is 6.61 Å². The lowest BCUT2D eigenvalue weighted by molar-refractivity contribution is 0.133. The summed E-state index contributed by atoms with van der Waals surface area (Å²) in [5, 5.41) is 10.3. The average molecular weight is 245 g/mol. The van der Waals surface area contributed by atoms with Gasteiger partial charge in [-0.15, -0.1) is 0 Å². The molecule has 0 unspecified atom stereocenters. The van der Waals surface area contributed by atoms with E-state index in [0.29, 0.717) is 6.61 Å². The lowest BCUT2D eigenvalue weighted by Crippen LogP contribution is -2.14. The molecule has 4 nitrogen and oxygen atoms in total. The van der Waals surface area contributed by atoms with Crippen LogP contribution in [0.2, 0.25) is 0 Å². The van der Waals surface area contributed by atoms with Crippen molar-refractivity contribution < 1.29 is 4.74 Å². The number of hydrogen-bond donors (Lipinski definition) is 2. The van der Waals surface area contributed by atoms with Crippen LogP contribution in [0.5, 0.6) is 0 Å². The van der Waals surface area contributed by atoms with Crippen molar-refractivity contribution in [2.45, 2.75) is 26.6 Å². The molecule has 18 heavy (non-hydrogen) atoms. The summed E-state index contributed by atoms with van der Waals surface area (Å²) in [6, 6.07) is 10.3. The number of hydrogen-bond acceptors (Lipinski definition) is 3. The predicted molar refractivity (Wildman–Crippen MR) is 70.9 cm³/mol. The van der Waals surface area contributed by atoms with Crippen molar-refractivity contribution >= 4 is 0 Å². The molecule has 2 rings (SSSR count). The van der Waals surface area contributed by atoms with Gasteiger partial charge < -0.3 is 10.1 Å². The van der Waals surface area contributed by atoms with Crippen molar-refractivity contribution in [3.63, 3.8) is 0 Å². The molecule has 0 saturated carbocycles. The average Bonchev–Trinajstić information content (AvgIpc) is 2.91. The Hall–Kier alpha value is -1.65. The second-order valence-electron chi connectivity index (χ2n) is 4.09. The summed E-state index contributed by atoms with van der Waals surface area (Å²) in [6.45, 7) is 5.07. The summed E-state index contributed by atoms with van der Waals surface area (Å²) < 4.78 is 5.47. The molecular formula is C14H19N3O. The topological polar surface area (TPSA) is 49.9 Å². The molecule has 1 aromatic heterocycles. The third-order valence-electron chi connectivity index (χ3n) is 2.77. The van der Waals surface area contributed by atoms with E-state index in [1.54, 1.807) is 6.20 Å². The fourth-order valence-electron chi connectivity index (χ4n) is 1.80. The lowest BCUT2D eigenvalue weighted by Gasteiger charge is -2.10.